The standard InChI is InChI=1S/C28H50N2O24S/c1-8(34)29-10(3-31)24(53-27-22(43)20(41)17(38)12(4-32)50-27)16(37)11(36)6-48-26-15(30-9(2)35)19(40)25(14(52-26)7-49-55(45,46)47)54-28-23(44)21(42)18(39)13(5-33)51-28/h10-28,31-33,36-44H,3-7H2,1-2H3,(H,29,34)(H,30,35)(H,45,46,47). The van der Waals surface area contributed by atoms with E-state index >= 15 is 0 Å². The van der Waals surface area contributed by atoms with Crippen molar-refractivity contribution >= 4 is 22.2 Å². The van der Waals surface area contributed by atoms with Gasteiger partial charge in [-0.15, -0.1) is 0 Å². The zero-order valence-corrected chi connectivity index (χ0v) is 30.0. The maximum atomic E-state index is 12.2. The molecule has 3 aliphatic heterocycles. The molecule has 0 radical (unpaired) electrons. The van der Waals surface area contributed by atoms with Crippen molar-refractivity contribution < 1.29 is 116 Å². The largest absolute Gasteiger partial charge is 0.397 e. The molecule has 3 saturated heterocycles. The highest BCUT2D eigenvalue weighted by Crippen LogP contribution is 2.31. The smallest absolute Gasteiger partial charge is 0.394 e. The van der Waals surface area contributed by atoms with E-state index in [1.54, 1.807) is 0 Å². The van der Waals surface area contributed by atoms with Gasteiger partial charge in [0.1, 0.15) is 91.5 Å². The van der Waals surface area contributed by atoms with Gasteiger partial charge in [0.25, 0.3) is 0 Å². The normalized spacial score (nSPS) is 39.4. The van der Waals surface area contributed by atoms with E-state index in [0.717, 1.165) is 13.8 Å². The highest BCUT2D eigenvalue weighted by molar-refractivity contribution is 7.80. The van der Waals surface area contributed by atoms with Crippen molar-refractivity contribution in [3.05, 3.63) is 0 Å². The Morgan fingerprint density at radius 3 is 1.75 bits per heavy atom. The first-order valence-corrected chi connectivity index (χ1v) is 18.0. The van der Waals surface area contributed by atoms with Crippen molar-refractivity contribution in [2.24, 2.45) is 0 Å². The first kappa shape index (κ1) is 47.5. The van der Waals surface area contributed by atoms with Crippen LogP contribution in [0.1, 0.15) is 13.8 Å². The lowest BCUT2D eigenvalue weighted by Crippen LogP contribution is -2.68. The van der Waals surface area contributed by atoms with Crippen LogP contribution in [0.5, 0.6) is 0 Å². The molecular weight excluding hydrogens is 780 g/mol. The number of ether oxygens (including phenoxy) is 6. The third-order valence-electron chi connectivity index (χ3n) is 8.85. The fourth-order valence-corrected chi connectivity index (χ4v) is 6.30. The molecule has 3 heterocycles. The van der Waals surface area contributed by atoms with Crippen molar-refractivity contribution in [2.45, 2.75) is 130 Å². The van der Waals surface area contributed by atoms with Gasteiger partial charge in [0.05, 0.1) is 39.1 Å². The molecule has 2 amide bonds. The molecule has 27 heteroatoms. The first-order chi connectivity index (χ1) is 25.6. The van der Waals surface area contributed by atoms with Crippen LogP contribution in [-0.4, -0.2) is 236 Å². The summed E-state index contributed by atoms with van der Waals surface area (Å²) in [5.41, 5.74) is 0. The molecule has 0 aromatic heterocycles. The lowest BCUT2D eigenvalue weighted by atomic mass is 9.95. The van der Waals surface area contributed by atoms with Gasteiger partial charge in [-0.05, 0) is 0 Å². The van der Waals surface area contributed by atoms with Crippen LogP contribution in [-0.2, 0) is 52.6 Å². The maximum absolute atomic E-state index is 12.2. The molecule has 3 rings (SSSR count). The van der Waals surface area contributed by atoms with Crippen LogP contribution >= 0.6 is 0 Å². The van der Waals surface area contributed by atoms with Gasteiger partial charge in [-0.1, -0.05) is 0 Å². The quantitative estimate of drug-likeness (QED) is 0.0570. The van der Waals surface area contributed by atoms with Gasteiger partial charge < -0.3 is 100 Å². The van der Waals surface area contributed by atoms with Crippen molar-refractivity contribution in [3.63, 3.8) is 0 Å². The summed E-state index contributed by atoms with van der Waals surface area (Å²) >= 11 is 0. The summed E-state index contributed by atoms with van der Waals surface area (Å²) in [6.45, 7) is -2.94. The molecule has 322 valence electrons. The fourth-order valence-electron chi connectivity index (χ4n) is 5.99. The predicted octanol–water partition coefficient (Wildman–Crippen LogP) is -10.00. The van der Waals surface area contributed by atoms with E-state index in [-0.39, 0.29) is 0 Å². The lowest BCUT2D eigenvalue weighted by molar-refractivity contribution is -0.349. The molecule has 15 N–H and O–H groups in total. The number of carbonyl (C=O) groups is 2. The van der Waals surface area contributed by atoms with Gasteiger partial charge in [0.15, 0.2) is 18.9 Å². The van der Waals surface area contributed by atoms with Gasteiger partial charge >= 0.3 is 10.4 Å². The summed E-state index contributed by atoms with van der Waals surface area (Å²) < 4.78 is 69.4. The molecule has 26 nitrogen and oxygen atoms in total. The van der Waals surface area contributed by atoms with E-state index in [2.05, 4.69) is 14.8 Å². The third kappa shape index (κ3) is 12.3. The average molecular weight is 831 g/mol. The Bertz CT molecular complexity index is 1330. The average Bonchev–Trinajstić information content (AvgIpc) is 3.12. The molecule has 3 aliphatic rings. The molecule has 0 aliphatic carbocycles. The van der Waals surface area contributed by atoms with Gasteiger partial charge in [0, 0.05) is 13.8 Å². The second-order valence-corrected chi connectivity index (χ2v) is 14.0. The SMILES string of the molecule is CC(=O)NC(CO)C(OC1OC(CO)C(O)C(O)C1O)C(O)C(O)COC1OC(COS(=O)(=O)O)C(OC2OC(CO)C(O)C(O)C2O)C(O)C1NC(C)=O. The maximum Gasteiger partial charge on any atom is 0.397 e. The first-order valence-electron chi connectivity index (χ1n) is 16.7. The Labute approximate surface area is 312 Å². The Hall–Kier alpha value is -1.91. The number of carbonyl (C=O) groups excluding carboxylic acids is 2. The highest BCUT2D eigenvalue weighted by atomic mass is 32.3. The number of aliphatic hydroxyl groups excluding tert-OH is 12. The van der Waals surface area contributed by atoms with Crippen LogP contribution < -0.4 is 10.6 Å². The summed E-state index contributed by atoms with van der Waals surface area (Å²) in [6, 6.07) is -3.29. The topological polar surface area (TPSA) is 420 Å². The zero-order chi connectivity index (χ0) is 41.5. The predicted molar refractivity (Wildman–Crippen MR) is 170 cm³/mol. The number of aliphatic hydroxyl groups is 12. The van der Waals surface area contributed by atoms with E-state index in [9.17, 15) is 83.8 Å². The van der Waals surface area contributed by atoms with Gasteiger partial charge in [-0.3, -0.25) is 14.1 Å². The Morgan fingerprint density at radius 2 is 1.25 bits per heavy atom. The molecule has 0 bridgehead atoms. The van der Waals surface area contributed by atoms with Gasteiger partial charge in [-0.2, -0.15) is 8.42 Å². The monoisotopic (exact) mass is 830 g/mol. The highest BCUT2D eigenvalue weighted by Gasteiger charge is 2.53. The molecular formula is C28H50N2O24S. The summed E-state index contributed by atoms with van der Waals surface area (Å²) in [6.07, 6.45) is -32.5. The molecule has 3 fully saturated rings. The molecule has 19 unspecified atom stereocenters. The zero-order valence-electron chi connectivity index (χ0n) is 29.2. The van der Waals surface area contributed by atoms with E-state index < -0.39 is 172 Å². The van der Waals surface area contributed by atoms with Crippen LogP contribution in [0.25, 0.3) is 0 Å². The van der Waals surface area contributed by atoms with Crippen LogP contribution in [0.3, 0.4) is 0 Å². The van der Waals surface area contributed by atoms with Crippen molar-refractivity contribution in [1.82, 2.24) is 10.6 Å². The number of nitrogens with one attached hydrogen (secondary N) is 2. The van der Waals surface area contributed by atoms with Crippen LogP contribution in [0.15, 0.2) is 0 Å². The number of rotatable bonds is 18. The second kappa shape index (κ2) is 20.7. The number of hydrogen-bond donors (Lipinski definition) is 15. The van der Waals surface area contributed by atoms with Crippen LogP contribution in [0.2, 0.25) is 0 Å². The van der Waals surface area contributed by atoms with Crippen LogP contribution in [0.4, 0.5) is 0 Å². The molecule has 0 aromatic carbocycles. The Morgan fingerprint density at radius 1 is 0.727 bits per heavy atom. The van der Waals surface area contributed by atoms with Crippen molar-refractivity contribution in [3.8, 4) is 0 Å². The van der Waals surface area contributed by atoms with Crippen LogP contribution in [0, 0.1) is 0 Å². The summed E-state index contributed by atoms with van der Waals surface area (Å²) in [5.74, 6) is -1.61. The summed E-state index contributed by atoms with van der Waals surface area (Å²) in [7, 11) is -5.20. The molecule has 19 atom stereocenters. The van der Waals surface area contributed by atoms with E-state index in [4.69, 9.17) is 28.4 Å². The van der Waals surface area contributed by atoms with Crippen molar-refractivity contribution in [1.29, 1.82) is 0 Å². The van der Waals surface area contributed by atoms with E-state index in [1.807, 2.05) is 0 Å². The van der Waals surface area contributed by atoms with Gasteiger partial charge in [0.2, 0.25) is 11.8 Å². The Kier molecular flexibility index (Phi) is 17.8. The fraction of sp³-hybridized carbons (Fsp3) is 0.929. The van der Waals surface area contributed by atoms with E-state index in [1.165, 1.54) is 0 Å². The molecule has 0 saturated carbocycles. The minimum Gasteiger partial charge on any atom is -0.394 e. The Balaban J connectivity index is 1.88. The number of amides is 2. The minimum atomic E-state index is -5.20. The van der Waals surface area contributed by atoms with Crippen molar-refractivity contribution in [2.75, 3.05) is 33.0 Å². The van der Waals surface area contributed by atoms with E-state index in [0.29, 0.717) is 0 Å². The lowest BCUT2D eigenvalue weighted by Gasteiger charge is -2.47. The summed E-state index contributed by atoms with van der Waals surface area (Å²) in [4.78, 5) is 24.1. The number of hydrogen-bond acceptors (Lipinski definition) is 23. The van der Waals surface area contributed by atoms with Gasteiger partial charge in [-0.25, -0.2) is 4.18 Å². The third-order valence-corrected chi connectivity index (χ3v) is 9.28. The summed E-state index contributed by atoms with van der Waals surface area (Å²) in [5, 5.41) is 129. The molecule has 0 spiro atoms. The molecule has 55 heavy (non-hydrogen) atoms. The second-order valence-electron chi connectivity index (χ2n) is 12.9. The molecule has 0 aromatic rings. The minimum absolute atomic E-state index is 0.777.